The van der Waals surface area contributed by atoms with Crippen molar-refractivity contribution in [2.45, 2.75) is 45.8 Å². The molecule has 0 saturated carbocycles. The van der Waals surface area contributed by atoms with Crippen molar-refractivity contribution in [3.05, 3.63) is 103 Å². The molecule has 0 aliphatic rings. The lowest BCUT2D eigenvalue weighted by molar-refractivity contribution is -0.137. The molecule has 3 aromatic rings. The van der Waals surface area contributed by atoms with Crippen LogP contribution in [-0.2, 0) is 14.0 Å². The molecule has 0 aliphatic carbocycles. The summed E-state index contributed by atoms with van der Waals surface area (Å²) < 4.78 is 12.2. The lowest BCUT2D eigenvalue weighted by Gasteiger charge is -2.38. The van der Waals surface area contributed by atoms with Gasteiger partial charge in [-0.05, 0) is 61.5 Å². The molecule has 0 N–H and O–H groups in total. The van der Waals surface area contributed by atoms with Crippen LogP contribution in [0.2, 0.25) is 18.1 Å². The van der Waals surface area contributed by atoms with Crippen LogP contribution in [0.15, 0.2) is 103 Å². The van der Waals surface area contributed by atoms with Crippen molar-refractivity contribution in [2.75, 3.05) is 12.8 Å². The van der Waals surface area contributed by atoms with Crippen LogP contribution in [0.4, 0.5) is 0 Å². The monoisotopic (exact) mass is 505 g/mol. The van der Waals surface area contributed by atoms with Gasteiger partial charge in [0.05, 0.1) is 12.7 Å². The lowest BCUT2D eigenvalue weighted by atomic mass is 10.2. The zero-order valence-electron chi connectivity index (χ0n) is 21.8. The Morgan fingerprint density at radius 1 is 0.800 bits per heavy atom. The topological polar surface area (TPSA) is 35.5 Å². The van der Waals surface area contributed by atoms with Gasteiger partial charge in [0.15, 0.2) is 0 Å². The second-order valence-electron chi connectivity index (χ2n) is 10.2. The van der Waals surface area contributed by atoms with Gasteiger partial charge in [-0.1, -0.05) is 75.4 Å². The summed E-state index contributed by atoms with van der Waals surface area (Å²) in [6.45, 7) is 13.3. The molecule has 0 spiro atoms. The highest BCUT2D eigenvalue weighted by molar-refractivity contribution is 7.95. The van der Waals surface area contributed by atoms with Crippen molar-refractivity contribution >= 4 is 37.5 Å². The molecule has 3 nitrogen and oxygen atoms in total. The van der Waals surface area contributed by atoms with E-state index < -0.39 is 15.6 Å². The summed E-state index contributed by atoms with van der Waals surface area (Å²) >= 11 is 0. The predicted molar refractivity (Wildman–Crippen MR) is 153 cm³/mol. The van der Waals surface area contributed by atoms with Crippen molar-refractivity contribution in [3.63, 3.8) is 0 Å². The van der Waals surface area contributed by atoms with E-state index in [9.17, 15) is 4.79 Å². The molecule has 0 saturated heterocycles. The first kappa shape index (κ1) is 26.9. The number of carbonyl (C=O) groups excluding carboxylic acids is 1. The van der Waals surface area contributed by atoms with Crippen molar-refractivity contribution < 1.29 is 14.0 Å². The third-order valence-corrected chi connectivity index (χ3v) is 15.5. The third kappa shape index (κ3) is 6.31. The molecule has 0 fully saturated rings. The Labute approximate surface area is 212 Å². The van der Waals surface area contributed by atoms with Gasteiger partial charge in [-0.25, -0.2) is 4.79 Å². The first-order valence-electron chi connectivity index (χ1n) is 12.2. The van der Waals surface area contributed by atoms with Crippen LogP contribution in [0.25, 0.3) is 0 Å². The second kappa shape index (κ2) is 11.4. The number of allylic oxidation sites excluding steroid dienone is 1. The van der Waals surface area contributed by atoms with E-state index in [-0.39, 0.29) is 11.0 Å². The van der Waals surface area contributed by atoms with Gasteiger partial charge in [0, 0.05) is 0 Å². The van der Waals surface area contributed by atoms with Gasteiger partial charge < -0.3 is 9.16 Å². The number of carbonyl (C=O) groups is 1. The highest BCUT2D eigenvalue weighted by Gasteiger charge is 2.48. The van der Waals surface area contributed by atoms with E-state index >= 15 is 0 Å². The first-order valence-corrected chi connectivity index (χ1v) is 17.1. The molecule has 0 radical (unpaired) electrons. The van der Waals surface area contributed by atoms with E-state index in [0.717, 1.165) is 0 Å². The summed E-state index contributed by atoms with van der Waals surface area (Å²) in [4.78, 5) is 12.7. The minimum Gasteiger partial charge on any atom is -0.544 e. The van der Waals surface area contributed by atoms with E-state index in [4.69, 9.17) is 9.16 Å². The van der Waals surface area contributed by atoms with E-state index in [0.29, 0.717) is 18.5 Å². The fourth-order valence-electron chi connectivity index (χ4n) is 3.91. The predicted octanol–water partition coefficient (Wildman–Crippen LogP) is 6.45. The highest BCUT2D eigenvalue weighted by Crippen LogP contribution is 2.57. The molecule has 0 unspecified atom stereocenters. The summed E-state index contributed by atoms with van der Waals surface area (Å²) in [7, 11) is -4.42. The second-order valence-corrected chi connectivity index (χ2v) is 18.4. The standard InChI is InChI=1S/C30H38O3PSi/c1-7-32-29(31)23-25(33-35(5,6)30(2,3)4)24-34(26-17-11-8-12-18-26,27-19-13-9-14-20-27)28-21-15-10-16-22-28/h8-23H,7,24H2,1-6H3/q+1/b25-23+. The van der Waals surface area contributed by atoms with Gasteiger partial charge in [-0.3, -0.25) is 0 Å². The smallest absolute Gasteiger partial charge is 0.334 e. The molecule has 0 bridgehead atoms. The largest absolute Gasteiger partial charge is 0.544 e. The Bertz CT molecular complexity index is 1020. The summed E-state index contributed by atoms with van der Waals surface area (Å²) in [6.07, 6.45) is 2.20. The van der Waals surface area contributed by atoms with Crippen LogP contribution in [-0.4, -0.2) is 27.1 Å². The number of ether oxygens (including phenoxy) is 1. The summed E-state index contributed by atoms with van der Waals surface area (Å²) in [5.74, 6) is 0.355. The quantitative estimate of drug-likeness (QED) is 0.110. The van der Waals surface area contributed by atoms with Crippen LogP contribution in [0.3, 0.4) is 0 Å². The molecule has 0 atom stereocenters. The van der Waals surface area contributed by atoms with Gasteiger partial charge in [0.25, 0.3) is 0 Å². The summed E-state index contributed by atoms with van der Waals surface area (Å²) in [6, 6.07) is 32.0. The molecule has 35 heavy (non-hydrogen) atoms. The van der Waals surface area contributed by atoms with Crippen molar-refractivity contribution in [3.8, 4) is 0 Å². The minimum atomic E-state index is -2.22. The molecular weight excluding hydrogens is 467 g/mol. The zero-order valence-corrected chi connectivity index (χ0v) is 23.7. The fraction of sp³-hybridized carbons (Fsp3) is 0.300. The van der Waals surface area contributed by atoms with Gasteiger partial charge >= 0.3 is 5.97 Å². The number of benzene rings is 3. The normalized spacial score (nSPS) is 12.8. The Kier molecular flexibility index (Phi) is 8.74. The van der Waals surface area contributed by atoms with E-state index in [2.05, 4.69) is 125 Å². The van der Waals surface area contributed by atoms with E-state index in [1.807, 2.05) is 6.92 Å². The molecule has 0 aliphatic heterocycles. The maximum Gasteiger partial charge on any atom is 0.334 e. The maximum absolute atomic E-state index is 12.7. The first-order chi connectivity index (χ1) is 16.6. The van der Waals surface area contributed by atoms with Crippen LogP contribution in [0, 0.1) is 0 Å². The molecular formula is C30H38O3PSi+. The average molecular weight is 506 g/mol. The molecule has 184 valence electrons. The molecule has 5 heteroatoms. The van der Waals surface area contributed by atoms with Crippen molar-refractivity contribution in [2.24, 2.45) is 0 Å². The van der Waals surface area contributed by atoms with Crippen LogP contribution in [0.5, 0.6) is 0 Å². The number of hydrogen-bond acceptors (Lipinski definition) is 3. The number of esters is 1. The summed E-state index contributed by atoms with van der Waals surface area (Å²) in [5.41, 5.74) is 0. The minimum absolute atomic E-state index is 0.00586. The maximum atomic E-state index is 12.7. The summed E-state index contributed by atoms with van der Waals surface area (Å²) in [5, 5.41) is 3.76. The third-order valence-electron chi connectivity index (χ3n) is 6.74. The number of hydrogen-bond donors (Lipinski definition) is 0. The Balaban J connectivity index is 2.27. The van der Waals surface area contributed by atoms with Crippen molar-refractivity contribution in [1.29, 1.82) is 0 Å². The molecule has 3 rings (SSSR count). The molecule has 0 amide bonds. The van der Waals surface area contributed by atoms with Gasteiger partial charge in [0.2, 0.25) is 8.32 Å². The van der Waals surface area contributed by atoms with Gasteiger partial charge in [0.1, 0.15) is 35.1 Å². The Morgan fingerprint density at radius 2 is 1.20 bits per heavy atom. The number of rotatable bonds is 9. The molecule has 3 aromatic carbocycles. The fourth-order valence-corrected chi connectivity index (χ4v) is 9.23. The Hall–Kier alpha value is -2.68. The van der Waals surface area contributed by atoms with Crippen LogP contribution >= 0.6 is 7.26 Å². The van der Waals surface area contributed by atoms with Crippen LogP contribution in [0.1, 0.15) is 27.7 Å². The molecule has 0 heterocycles. The van der Waals surface area contributed by atoms with Crippen LogP contribution < -0.4 is 15.9 Å². The van der Waals surface area contributed by atoms with E-state index in [1.54, 1.807) is 6.08 Å². The van der Waals surface area contributed by atoms with Crippen molar-refractivity contribution in [1.82, 2.24) is 0 Å². The lowest BCUT2D eigenvalue weighted by Crippen LogP contribution is -2.42. The zero-order chi connectivity index (χ0) is 25.5. The highest BCUT2D eigenvalue weighted by atomic mass is 31.2. The SMILES string of the molecule is CCOC(=O)/C=C(\C[P+](c1ccccc1)(c1ccccc1)c1ccccc1)O[Si](C)(C)C(C)(C)C. The van der Waals surface area contributed by atoms with Gasteiger partial charge in [-0.2, -0.15) is 0 Å². The van der Waals surface area contributed by atoms with E-state index in [1.165, 1.54) is 15.9 Å². The average Bonchev–Trinajstić information content (AvgIpc) is 2.83. The molecule has 0 aromatic heterocycles. The van der Waals surface area contributed by atoms with Gasteiger partial charge in [-0.15, -0.1) is 0 Å². The Morgan fingerprint density at radius 3 is 1.54 bits per heavy atom.